The molecule has 0 aliphatic heterocycles. The summed E-state index contributed by atoms with van der Waals surface area (Å²) in [5, 5.41) is 30.1. The fourth-order valence-corrected chi connectivity index (χ4v) is 1.25. The Labute approximate surface area is 125 Å². The third-order valence-electron chi connectivity index (χ3n) is 2.16. The van der Waals surface area contributed by atoms with Crippen LogP contribution in [0.1, 0.15) is 24.2 Å². The zero-order valence-corrected chi connectivity index (χ0v) is 11.9. The lowest BCUT2D eigenvalue weighted by molar-refractivity contribution is -0.394. The van der Waals surface area contributed by atoms with Crippen molar-refractivity contribution in [2.45, 2.75) is 20.0 Å². The molecule has 1 aromatic carbocycles. The van der Waals surface area contributed by atoms with Crippen molar-refractivity contribution in [3.63, 3.8) is 0 Å². The monoisotopic (exact) mass is 310 g/mol. The number of nitrogens with zero attached hydrogens (tertiary/aromatic N) is 2. The Kier molecular flexibility index (Phi) is 7.81. The molecule has 0 saturated heterocycles. The molecule has 22 heavy (non-hydrogen) atoms. The van der Waals surface area contributed by atoms with Gasteiger partial charge < -0.3 is 9.84 Å². The Balaban J connectivity index is 0.00000211. The van der Waals surface area contributed by atoms with Gasteiger partial charge in [0.2, 0.25) is 0 Å². The number of carbonyl (C=O) groups is 1. The van der Waals surface area contributed by atoms with Gasteiger partial charge in [0.25, 0.3) is 11.4 Å². The first-order valence-corrected chi connectivity index (χ1v) is 6.11. The second-order valence-corrected chi connectivity index (χ2v) is 3.50. The summed E-state index contributed by atoms with van der Waals surface area (Å²) < 4.78 is 4.63. The van der Waals surface area contributed by atoms with Gasteiger partial charge in [0.15, 0.2) is 6.10 Å². The number of nitro benzene ring substituents is 2. The Morgan fingerprint density at radius 2 is 1.73 bits per heavy atom. The molecular weight excluding hydrogens is 296 g/mol. The maximum Gasteiger partial charge on any atom is 0.339 e. The fraction of sp³-hybridized carbons (Fsp3) is 0.308. The van der Waals surface area contributed by atoms with Crippen molar-refractivity contribution in [2.75, 3.05) is 6.61 Å². The zero-order valence-electron chi connectivity index (χ0n) is 11.9. The van der Waals surface area contributed by atoms with Crippen LogP contribution in [0, 0.1) is 32.6 Å². The second kappa shape index (κ2) is 9.04. The lowest BCUT2D eigenvalue weighted by Gasteiger charge is -2.09. The molecule has 0 aliphatic carbocycles. The van der Waals surface area contributed by atoms with Crippen LogP contribution in [0.4, 0.5) is 11.4 Å². The average molecular weight is 310 g/mol. The number of terminal acetylenes is 1. The van der Waals surface area contributed by atoms with E-state index in [1.807, 2.05) is 19.8 Å². The highest BCUT2D eigenvalue weighted by Crippen LogP contribution is 2.23. The van der Waals surface area contributed by atoms with Gasteiger partial charge in [0, 0.05) is 12.1 Å². The number of non-ortho nitro benzene ring substituents is 2. The van der Waals surface area contributed by atoms with Crippen LogP contribution in [0.5, 0.6) is 0 Å². The van der Waals surface area contributed by atoms with Crippen molar-refractivity contribution >= 4 is 17.3 Å². The number of benzene rings is 1. The van der Waals surface area contributed by atoms with Crippen LogP contribution in [0.25, 0.3) is 0 Å². The van der Waals surface area contributed by atoms with Crippen molar-refractivity contribution in [1.82, 2.24) is 0 Å². The van der Waals surface area contributed by atoms with Gasteiger partial charge in [-0.2, -0.15) is 0 Å². The van der Waals surface area contributed by atoms with E-state index in [1.165, 1.54) is 0 Å². The lowest BCUT2D eigenvalue weighted by Crippen LogP contribution is -2.20. The van der Waals surface area contributed by atoms with Crippen LogP contribution in [0.15, 0.2) is 18.2 Å². The predicted octanol–water partition coefficient (Wildman–Crippen LogP) is 1.68. The zero-order chi connectivity index (χ0) is 17.3. The molecule has 0 radical (unpaired) electrons. The van der Waals surface area contributed by atoms with Gasteiger partial charge in [-0.15, -0.1) is 6.42 Å². The standard InChI is InChI=1S/C11H8N2O7.C2H6/c1-2-10(6-14)20-11(15)7-3-8(12(16)17)5-9(4-7)13(18)19;1-2/h1,3-5,10,14H,6H2;1-2H3/t10-;/m0./s1. The molecule has 1 aromatic rings. The van der Waals surface area contributed by atoms with Gasteiger partial charge in [-0.1, -0.05) is 19.8 Å². The first kappa shape index (κ1) is 19.0. The largest absolute Gasteiger partial charge is 0.443 e. The highest BCUT2D eigenvalue weighted by Gasteiger charge is 2.22. The van der Waals surface area contributed by atoms with Crippen LogP contribution in [-0.4, -0.2) is 33.6 Å². The first-order valence-electron chi connectivity index (χ1n) is 6.11. The summed E-state index contributed by atoms with van der Waals surface area (Å²) in [7, 11) is 0. The second-order valence-electron chi connectivity index (χ2n) is 3.50. The minimum Gasteiger partial charge on any atom is -0.443 e. The summed E-state index contributed by atoms with van der Waals surface area (Å²) in [6, 6.07) is 2.35. The first-order chi connectivity index (χ1) is 10.4. The van der Waals surface area contributed by atoms with E-state index in [0.29, 0.717) is 6.07 Å². The molecule has 0 saturated carbocycles. The molecular formula is C13H14N2O7. The number of hydrogen-bond acceptors (Lipinski definition) is 7. The quantitative estimate of drug-likeness (QED) is 0.378. The number of carbonyl (C=O) groups excluding carboxylic acids is 1. The molecule has 0 aliphatic rings. The van der Waals surface area contributed by atoms with E-state index < -0.39 is 45.5 Å². The fourth-order valence-electron chi connectivity index (χ4n) is 1.25. The Bertz CT molecular complexity index is 575. The smallest absolute Gasteiger partial charge is 0.339 e. The molecule has 1 atom stereocenters. The molecule has 1 rings (SSSR count). The molecule has 0 spiro atoms. The Morgan fingerprint density at radius 1 is 1.27 bits per heavy atom. The number of rotatable bonds is 5. The van der Waals surface area contributed by atoms with E-state index in [-0.39, 0.29) is 0 Å². The van der Waals surface area contributed by atoms with E-state index in [1.54, 1.807) is 0 Å². The van der Waals surface area contributed by atoms with Crippen LogP contribution in [0.2, 0.25) is 0 Å². The summed E-state index contributed by atoms with van der Waals surface area (Å²) in [5.74, 6) is 0.863. The Morgan fingerprint density at radius 3 is 2.05 bits per heavy atom. The molecule has 1 N–H and O–H groups in total. The molecule has 0 bridgehead atoms. The van der Waals surface area contributed by atoms with Crippen LogP contribution >= 0.6 is 0 Å². The van der Waals surface area contributed by atoms with Gasteiger partial charge in [-0.3, -0.25) is 20.2 Å². The number of hydrogen-bond donors (Lipinski definition) is 1. The van der Waals surface area contributed by atoms with Gasteiger partial charge >= 0.3 is 5.97 Å². The van der Waals surface area contributed by atoms with Crippen molar-refractivity contribution in [2.24, 2.45) is 0 Å². The van der Waals surface area contributed by atoms with Gasteiger partial charge in [-0.25, -0.2) is 4.79 Å². The number of nitro groups is 2. The van der Waals surface area contributed by atoms with Crippen molar-refractivity contribution in [1.29, 1.82) is 0 Å². The van der Waals surface area contributed by atoms with Crippen molar-refractivity contribution in [3.8, 4) is 12.3 Å². The summed E-state index contributed by atoms with van der Waals surface area (Å²) in [4.78, 5) is 31.2. The Hall–Kier alpha value is -2.99. The third kappa shape index (κ3) is 5.18. The number of aliphatic hydroxyl groups excluding tert-OH is 1. The highest BCUT2D eigenvalue weighted by molar-refractivity contribution is 5.91. The molecule has 0 fully saturated rings. The molecule has 9 heteroatoms. The van der Waals surface area contributed by atoms with Crippen LogP contribution in [0.3, 0.4) is 0 Å². The van der Waals surface area contributed by atoms with Crippen LogP contribution in [-0.2, 0) is 4.74 Å². The number of ether oxygens (including phenoxy) is 1. The molecule has 118 valence electrons. The number of esters is 1. The minimum absolute atomic E-state index is 0.403. The molecule has 0 unspecified atom stereocenters. The summed E-state index contributed by atoms with van der Waals surface area (Å²) >= 11 is 0. The van der Waals surface area contributed by atoms with E-state index in [2.05, 4.69) is 4.74 Å². The van der Waals surface area contributed by atoms with E-state index >= 15 is 0 Å². The van der Waals surface area contributed by atoms with E-state index in [4.69, 9.17) is 11.5 Å². The maximum atomic E-state index is 11.6. The minimum atomic E-state index is -1.24. The van der Waals surface area contributed by atoms with E-state index in [0.717, 1.165) is 12.1 Å². The topological polar surface area (TPSA) is 133 Å². The lowest BCUT2D eigenvalue weighted by atomic mass is 10.1. The normalized spacial score (nSPS) is 10.5. The molecule has 0 heterocycles. The molecule has 0 amide bonds. The third-order valence-corrected chi connectivity index (χ3v) is 2.16. The van der Waals surface area contributed by atoms with Gasteiger partial charge in [0.1, 0.15) is 0 Å². The summed E-state index contributed by atoms with van der Waals surface area (Å²) in [6.45, 7) is 3.36. The van der Waals surface area contributed by atoms with Crippen LogP contribution < -0.4 is 0 Å². The summed E-state index contributed by atoms with van der Waals surface area (Å²) in [5.41, 5.74) is -1.67. The summed E-state index contributed by atoms with van der Waals surface area (Å²) in [6.07, 6.45) is 3.73. The SMILES string of the molecule is C#C[C@@H](CO)OC(=O)c1cc([N+](=O)[O-])cc([N+](=O)[O-])c1.CC. The highest BCUT2D eigenvalue weighted by atomic mass is 16.6. The maximum absolute atomic E-state index is 11.6. The molecule has 0 aromatic heterocycles. The van der Waals surface area contributed by atoms with Gasteiger partial charge in [0.05, 0.1) is 28.1 Å². The van der Waals surface area contributed by atoms with Crippen molar-refractivity contribution in [3.05, 3.63) is 44.0 Å². The van der Waals surface area contributed by atoms with Gasteiger partial charge in [-0.05, 0) is 0 Å². The molecule has 9 nitrogen and oxygen atoms in total. The average Bonchev–Trinajstić information content (AvgIpc) is 2.53. The number of aliphatic hydroxyl groups is 1. The van der Waals surface area contributed by atoms with Crippen molar-refractivity contribution < 1.29 is 24.5 Å². The van der Waals surface area contributed by atoms with E-state index in [9.17, 15) is 25.0 Å². The predicted molar refractivity (Wildman–Crippen MR) is 76.2 cm³/mol.